The molecule has 1 fully saturated rings. The molecule has 0 bridgehead atoms. The second kappa shape index (κ2) is 6.30. The van der Waals surface area contributed by atoms with Crippen molar-refractivity contribution in [2.45, 2.75) is 12.6 Å². The Bertz CT molecular complexity index is 546. The van der Waals surface area contributed by atoms with Crippen LogP contribution in [0.15, 0.2) is 29.6 Å². The van der Waals surface area contributed by atoms with Crippen LogP contribution in [-0.2, 0) is 6.54 Å². The van der Waals surface area contributed by atoms with Crippen LogP contribution in [-0.4, -0.2) is 41.2 Å². The van der Waals surface area contributed by atoms with Gasteiger partial charge in [-0.1, -0.05) is 22.7 Å². The number of para-hydroxylation sites is 1. The Hall–Kier alpha value is -1.50. The molecule has 20 heavy (non-hydrogen) atoms. The fourth-order valence-corrected chi connectivity index (χ4v) is 3.09. The minimum atomic E-state index is 0.307. The molecule has 1 aromatic heterocycles. The van der Waals surface area contributed by atoms with Crippen LogP contribution < -0.4 is 10.1 Å². The highest BCUT2D eigenvalue weighted by molar-refractivity contribution is 7.03. The summed E-state index contributed by atoms with van der Waals surface area (Å²) in [5, 5.41) is 9.63. The number of hydrogen-bond acceptors (Lipinski definition) is 6. The van der Waals surface area contributed by atoms with Crippen LogP contribution in [0.5, 0.6) is 5.75 Å². The van der Waals surface area contributed by atoms with Crippen molar-refractivity contribution in [1.29, 1.82) is 0 Å². The van der Waals surface area contributed by atoms with Crippen molar-refractivity contribution in [3.8, 4) is 5.75 Å². The summed E-state index contributed by atoms with van der Waals surface area (Å²) in [5.41, 5.74) is 2.27. The number of piperazine rings is 1. The van der Waals surface area contributed by atoms with Crippen molar-refractivity contribution >= 4 is 11.5 Å². The van der Waals surface area contributed by atoms with Crippen LogP contribution in [0.4, 0.5) is 0 Å². The third kappa shape index (κ3) is 2.82. The Balaban J connectivity index is 1.84. The first-order chi connectivity index (χ1) is 9.88. The van der Waals surface area contributed by atoms with Crippen molar-refractivity contribution in [2.75, 3.05) is 26.7 Å². The molecule has 1 aliphatic heterocycles. The number of ether oxygens (including phenoxy) is 1. The maximum atomic E-state index is 5.50. The predicted octanol–water partition coefficient (Wildman–Crippen LogP) is 1.69. The lowest BCUT2D eigenvalue weighted by Gasteiger charge is -2.36. The first-order valence-corrected chi connectivity index (χ1v) is 7.56. The highest BCUT2D eigenvalue weighted by Gasteiger charge is 2.26. The molecule has 1 atom stereocenters. The van der Waals surface area contributed by atoms with E-state index >= 15 is 0 Å². The topological polar surface area (TPSA) is 50.3 Å². The fraction of sp³-hybridized carbons (Fsp3) is 0.429. The molecule has 0 aliphatic carbocycles. The molecular weight excluding hydrogens is 272 g/mol. The Morgan fingerprint density at radius 3 is 3.15 bits per heavy atom. The molecule has 3 rings (SSSR count). The van der Waals surface area contributed by atoms with E-state index in [-0.39, 0.29) is 0 Å². The van der Waals surface area contributed by atoms with Gasteiger partial charge in [-0.05, 0) is 17.6 Å². The van der Waals surface area contributed by atoms with E-state index in [0.29, 0.717) is 6.04 Å². The monoisotopic (exact) mass is 290 g/mol. The Morgan fingerprint density at radius 2 is 2.35 bits per heavy atom. The summed E-state index contributed by atoms with van der Waals surface area (Å²) in [4.78, 5) is 2.44. The van der Waals surface area contributed by atoms with Crippen LogP contribution in [0.3, 0.4) is 0 Å². The standard InChI is InChI=1S/C14H18N4OS/c1-19-14-5-3-2-4-12(14)13-8-15-6-7-18(13)9-11-10-20-17-16-11/h2-5,10,13,15H,6-9H2,1H3. The molecule has 0 saturated carbocycles. The van der Waals surface area contributed by atoms with Gasteiger partial charge < -0.3 is 10.1 Å². The summed E-state index contributed by atoms with van der Waals surface area (Å²) < 4.78 is 9.45. The first kappa shape index (κ1) is 13.5. The van der Waals surface area contributed by atoms with Gasteiger partial charge in [-0.2, -0.15) is 0 Å². The van der Waals surface area contributed by atoms with Crippen LogP contribution in [0.25, 0.3) is 0 Å². The van der Waals surface area contributed by atoms with Gasteiger partial charge in [0.05, 0.1) is 18.8 Å². The van der Waals surface area contributed by atoms with E-state index in [4.69, 9.17) is 4.74 Å². The molecule has 1 aromatic carbocycles. The van der Waals surface area contributed by atoms with Crippen LogP contribution in [0.2, 0.25) is 0 Å². The van der Waals surface area contributed by atoms with E-state index in [2.05, 4.69) is 31.9 Å². The molecule has 1 unspecified atom stereocenters. The van der Waals surface area contributed by atoms with Gasteiger partial charge in [0, 0.05) is 37.1 Å². The Morgan fingerprint density at radius 1 is 1.45 bits per heavy atom. The summed E-state index contributed by atoms with van der Waals surface area (Å²) in [6.45, 7) is 3.77. The van der Waals surface area contributed by atoms with Crippen molar-refractivity contribution < 1.29 is 4.74 Å². The summed E-state index contributed by atoms with van der Waals surface area (Å²) in [5.74, 6) is 0.947. The van der Waals surface area contributed by atoms with Gasteiger partial charge in [0.2, 0.25) is 0 Å². The summed E-state index contributed by atoms with van der Waals surface area (Å²) in [6, 6.07) is 8.54. The summed E-state index contributed by atoms with van der Waals surface area (Å²) in [6.07, 6.45) is 0. The summed E-state index contributed by atoms with van der Waals surface area (Å²) >= 11 is 1.40. The number of rotatable bonds is 4. The van der Waals surface area contributed by atoms with Crippen molar-refractivity contribution in [2.24, 2.45) is 0 Å². The van der Waals surface area contributed by atoms with Gasteiger partial charge >= 0.3 is 0 Å². The molecule has 5 nitrogen and oxygen atoms in total. The van der Waals surface area contributed by atoms with E-state index in [9.17, 15) is 0 Å². The molecule has 2 heterocycles. The highest BCUT2D eigenvalue weighted by atomic mass is 32.1. The number of methoxy groups -OCH3 is 1. The smallest absolute Gasteiger partial charge is 0.123 e. The average Bonchev–Trinajstić information content (AvgIpc) is 3.01. The number of nitrogens with zero attached hydrogens (tertiary/aromatic N) is 3. The third-order valence-corrected chi connectivity index (χ3v) is 4.18. The van der Waals surface area contributed by atoms with Gasteiger partial charge in [0.15, 0.2) is 0 Å². The normalized spacial score (nSPS) is 19.9. The van der Waals surface area contributed by atoms with Crippen LogP contribution in [0.1, 0.15) is 17.3 Å². The second-order valence-corrected chi connectivity index (χ2v) is 5.44. The maximum absolute atomic E-state index is 5.50. The van der Waals surface area contributed by atoms with Crippen LogP contribution in [0, 0.1) is 0 Å². The zero-order valence-corrected chi connectivity index (χ0v) is 12.3. The van der Waals surface area contributed by atoms with E-state index in [1.54, 1.807) is 7.11 Å². The molecule has 6 heteroatoms. The molecule has 0 amide bonds. The molecule has 2 aromatic rings. The Kier molecular flexibility index (Phi) is 4.25. The van der Waals surface area contributed by atoms with Crippen molar-refractivity contribution in [1.82, 2.24) is 19.8 Å². The van der Waals surface area contributed by atoms with E-state index in [1.807, 2.05) is 17.5 Å². The highest BCUT2D eigenvalue weighted by Crippen LogP contribution is 2.30. The molecule has 1 aliphatic rings. The number of nitrogens with one attached hydrogen (secondary N) is 1. The molecule has 1 saturated heterocycles. The van der Waals surface area contributed by atoms with E-state index in [0.717, 1.165) is 37.6 Å². The molecule has 0 spiro atoms. The lowest BCUT2D eigenvalue weighted by molar-refractivity contribution is 0.149. The third-order valence-electron chi connectivity index (χ3n) is 3.62. The van der Waals surface area contributed by atoms with E-state index < -0.39 is 0 Å². The lowest BCUT2D eigenvalue weighted by atomic mass is 10.0. The largest absolute Gasteiger partial charge is 0.496 e. The quantitative estimate of drug-likeness (QED) is 0.928. The maximum Gasteiger partial charge on any atom is 0.123 e. The first-order valence-electron chi connectivity index (χ1n) is 6.72. The SMILES string of the molecule is COc1ccccc1C1CNCCN1Cc1csnn1. The average molecular weight is 290 g/mol. The van der Waals surface area contributed by atoms with Gasteiger partial charge in [-0.25, -0.2) is 0 Å². The summed E-state index contributed by atoms with van der Waals surface area (Å²) in [7, 11) is 1.73. The number of hydrogen-bond donors (Lipinski definition) is 1. The van der Waals surface area contributed by atoms with Crippen molar-refractivity contribution in [3.05, 3.63) is 40.9 Å². The van der Waals surface area contributed by atoms with Gasteiger partial charge in [0.25, 0.3) is 0 Å². The molecular formula is C14H18N4OS. The van der Waals surface area contributed by atoms with Gasteiger partial charge in [-0.15, -0.1) is 5.10 Å². The van der Waals surface area contributed by atoms with Gasteiger partial charge in [0.1, 0.15) is 5.75 Å². The predicted molar refractivity (Wildman–Crippen MR) is 78.9 cm³/mol. The minimum Gasteiger partial charge on any atom is -0.496 e. The lowest BCUT2D eigenvalue weighted by Crippen LogP contribution is -2.45. The van der Waals surface area contributed by atoms with Gasteiger partial charge in [-0.3, -0.25) is 4.90 Å². The molecule has 1 N–H and O–H groups in total. The number of benzene rings is 1. The molecule has 0 radical (unpaired) electrons. The van der Waals surface area contributed by atoms with E-state index in [1.165, 1.54) is 17.1 Å². The number of aromatic nitrogens is 2. The Labute approximate surface area is 122 Å². The zero-order valence-electron chi connectivity index (χ0n) is 11.5. The second-order valence-electron chi connectivity index (χ2n) is 4.83. The van der Waals surface area contributed by atoms with Crippen LogP contribution >= 0.6 is 11.5 Å². The minimum absolute atomic E-state index is 0.307. The molecule has 106 valence electrons. The van der Waals surface area contributed by atoms with Crippen molar-refractivity contribution in [3.63, 3.8) is 0 Å². The fourth-order valence-electron chi connectivity index (χ4n) is 2.64. The zero-order chi connectivity index (χ0) is 13.8.